The number of nitrogens with zero attached hydrogens (tertiary/aromatic N) is 1. The topological polar surface area (TPSA) is 76.8 Å². The number of carbonyl (C=O) groups is 2. The van der Waals surface area contributed by atoms with Crippen molar-refractivity contribution in [3.8, 4) is 5.75 Å². The second-order valence-corrected chi connectivity index (χ2v) is 5.17. The van der Waals surface area contributed by atoms with Crippen molar-refractivity contribution in [1.29, 1.82) is 0 Å². The molecule has 0 saturated carbocycles. The van der Waals surface area contributed by atoms with Crippen LogP contribution in [-0.4, -0.2) is 36.8 Å². The van der Waals surface area contributed by atoms with Crippen LogP contribution in [-0.2, 0) is 4.79 Å². The van der Waals surface area contributed by atoms with Crippen LogP contribution in [0.4, 0.5) is 0 Å². The van der Waals surface area contributed by atoms with Gasteiger partial charge in [0.05, 0.1) is 12.7 Å². The summed E-state index contributed by atoms with van der Waals surface area (Å²) in [5.74, 6) is 0.450. The number of fused-ring (bicyclic) bond motifs is 1. The molecule has 6 nitrogen and oxygen atoms in total. The molecule has 0 radical (unpaired) electrons. The highest BCUT2D eigenvalue weighted by molar-refractivity contribution is 6.06. The van der Waals surface area contributed by atoms with E-state index in [2.05, 4.69) is 0 Å². The van der Waals surface area contributed by atoms with Crippen LogP contribution in [0.1, 0.15) is 23.2 Å². The van der Waals surface area contributed by atoms with Crippen LogP contribution < -0.4 is 10.4 Å². The van der Waals surface area contributed by atoms with Crippen LogP contribution in [0.25, 0.3) is 11.0 Å². The number of ketones is 1. The third-order valence-electron chi connectivity index (χ3n) is 3.79. The molecule has 1 aromatic heterocycles. The molecule has 0 atom stereocenters. The second-order valence-electron chi connectivity index (χ2n) is 5.17. The molecule has 1 saturated heterocycles. The van der Waals surface area contributed by atoms with Crippen molar-refractivity contribution in [1.82, 2.24) is 4.90 Å². The summed E-state index contributed by atoms with van der Waals surface area (Å²) in [5.41, 5.74) is 0.0173. The Kier molecular flexibility index (Phi) is 3.66. The largest absolute Gasteiger partial charge is 0.497 e. The van der Waals surface area contributed by atoms with Crippen molar-refractivity contribution >= 4 is 22.7 Å². The molecule has 3 rings (SSSR count). The van der Waals surface area contributed by atoms with Crippen LogP contribution in [0.15, 0.2) is 33.5 Å². The zero-order valence-electron chi connectivity index (χ0n) is 12.1. The van der Waals surface area contributed by atoms with E-state index < -0.39 is 5.63 Å². The fraction of sp³-hybridized carbons (Fsp3) is 0.312. The molecule has 2 heterocycles. The van der Waals surface area contributed by atoms with Crippen LogP contribution in [0.2, 0.25) is 0 Å². The van der Waals surface area contributed by atoms with Gasteiger partial charge < -0.3 is 14.1 Å². The zero-order valence-corrected chi connectivity index (χ0v) is 12.1. The SMILES string of the molecule is COc1ccc2c(C(=O)N3CCC(=O)CC3)cc(=O)oc2c1. The van der Waals surface area contributed by atoms with Crippen molar-refractivity contribution in [2.24, 2.45) is 0 Å². The second kappa shape index (κ2) is 5.63. The van der Waals surface area contributed by atoms with Gasteiger partial charge in [-0.05, 0) is 12.1 Å². The highest BCUT2D eigenvalue weighted by Gasteiger charge is 2.24. The summed E-state index contributed by atoms with van der Waals surface area (Å²) in [4.78, 5) is 37.2. The summed E-state index contributed by atoms with van der Waals surface area (Å²) >= 11 is 0. The highest BCUT2D eigenvalue weighted by atomic mass is 16.5. The van der Waals surface area contributed by atoms with Gasteiger partial charge in [0.2, 0.25) is 0 Å². The standard InChI is InChI=1S/C16H15NO5/c1-21-11-2-3-12-13(9-15(19)22-14(12)8-11)16(20)17-6-4-10(18)5-7-17/h2-3,8-9H,4-7H2,1H3. The number of benzene rings is 1. The Labute approximate surface area is 126 Å². The molecule has 1 fully saturated rings. The van der Waals surface area contributed by atoms with Gasteiger partial charge in [0.25, 0.3) is 5.91 Å². The smallest absolute Gasteiger partial charge is 0.337 e. The predicted molar refractivity (Wildman–Crippen MR) is 79.2 cm³/mol. The molecule has 2 aromatic rings. The third-order valence-corrected chi connectivity index (χ3v) is 3.79. The molecule has 0 bridgehead atoms. The van der Waals surface area contributed by atoms with E-state index in [4.69, 9.17) is 9.15 Å². The van der Waals surface area contributed by atoms with E-state index in [-0.39, 0.29) is 11.7 Å². The fourth-order valence-corrected chi connectivity index (χ4v) is 2.58. The molecule has 6 heteroatoms. The van der Waals surface area contributed by atoms with Gasteiger partial charge in [-0.1, -0.05) is 0 Å². The van der Waals surface area contributed by atoms with Crippen LogP contribution in [0.3, 0.4) is 0 Å². The molecule has 0 N–H and O–H groups in total. The first kappa shape index (κ1) is 14.3. The van der Waals surface area contributed by atoms with Gasteiger partial charge >= 0.3 is 5.63 Å². The Bertz CT molecular complexity index is 798. The first-order chi connectivity index (χ1) is 10.6. The first-order valence-electron chi connectivity index (χ1n) is 7.01. The Morgan fingerprint density at radius 2 is 1.91 bits per heavy atom. The molecular formula is C16H15NO5. The summed E-state index contributed by atoms with van der Waals surface area (Å²) in [7, 11) is 1.51. The number of rotatable bonds is 2. The molecule has 1 aliphatic rings. The van der Waals surface area contributed by atoms with E-state index in [0.717, 1.165) is 0 Å². The number of ether oxygens (including phenoxy) is 1. The molecule has 1 amide bonds. The quantitative estimate of drug-likeness (QED) is 0.788. The van der Waals surface area contributed by atoms with E-state index in [9.17, 15) is 14.4 Å². The Hall–Kier alpha value is -2.63. The zero-order chi connectivity index (χ0) is 15.7. The molecule has 0 unspecified atom stereocenters. The van der Waals surface area contributed by atoms with Gasteiger partial charge in [-0.2, -0.15) is 0 Å². The minimum Gasteiger partial charge on any atom is -0.497 e. The minimum atomic E-state index is -0.586. The molecule has 1 aromatic carbocycles. The lowest BCUT2D eigenvalue weighted by atomic mass is 10.1. The maximum Gasteiger partial charge on any atom is 0.337 e. The molecule has 22 heavy (non-hydrogen) atoms. The van der Waals surface area contributed by atoms with Crippen molar-refractivity contribution in [3.63, 3.8) is 0 Å². The van der Waals surface area contributed by atoms with Gasteiger partial charge in [-0.15, -0.1) is 0 Å². The van der Waals surface area contributed by atoms with E-state index >= 15 is 0 Å². The van der Waals surface area contributed by atoms with Gasteiger partial charge in [-0.25, -0.2) is 4.79 Å². The molecule has 114 valence electrons. The van der Waals surface area contributed by atoms with Crippen LogP contribution in [0, 0.1) is 0 Å². The van der Waals surface area contributed by atoms with E-state index in [0.29, 0.717) is 48.2 Å². The number of amides is 1. The van der Waals surface area contributed by atoms with Crippen molar-refractivity contribution < 1.29 is 18.7 Å². The summed E-state index contributed by atoms with van der Waals surface area (Å²) in [6.45, 7) is 0.769. The number of Topliss-reactive ketones (excluding diaryl/α,β-unsaturated/α-hetero) is 1. The molecule has 0 spiro atoms. The van der Waals surface area contributed by atoms with Gasteiger partial charge in [0.15, 0.2) is 0 Å². The number of likely N-dealkylation sites (tertiary alicyclic amines) is 1. The summed E-state index contributed by atoms with van der Waals surface area (Å²) < 4.78 is 10.2. The number of piperidine rings is 1. The van der Waals surface area contributed by atoms with E-state index in [1.54, 1.807) is 23.1 Å². The Balaban J connectivity index is 2.04. The number of hydrogen-bond acceptors (Lipinski definition) is 5. The maximum absolute atomic E-state index is 12.6. The lowest BCUT2D eigenvalue weighted by Gasteiger charge is -2.26. The molecule has 0 aliphatic carbocycles. The van der Waals surface area contributed by atoms with Crippen LogP contribution in [0.5, 0.6) is 5.75 Å². The normalized spacial score (nSPS) is 15.1. The molecule has 1 aliphatic heterocycles. The van der Waals surface area contributed by atoms with Crippen molar-refractivity contribution in [3.05, 3.63) is 40.2 Å². The predicted octanol–water partition coefficient (Wildman–Crippen LogP) is 1.61. The highest BCUT2D eigenvalue weighted by Crippen LogP contribution is 2.24. The summed E-state index contributed by atoms with van der Waals surface area (Å²) in [6.07, 6.45) is 0.720. The summed E-state index contributed by atoms with van der Waals surface area (Å²) in [5, 5.41) is 0.558. The minimum absolute atomic E-state index is 0.159. The number of carbonyl (C=O) groups excluding carboxylic acids is 2. The third kappa shape index (κ3) is 2.59. The van der Waals surface area contributed by atoms with Crippen molar-refractivity contribution in [2.45, 2.75) is 12.8 Å². The van der Waals surface area contributed by atoms with Gasteiger partial charge in [0.1, 0.15) is 17.1 Å². The van der Waals surface area contributed by atoms with Gasteiger partial charge in [0, 0.05) is 43.5 Å². The monoisotopic (exact) mass is 301 g/mol. The first-order valence-corrected chi connectivity index (χ1v) is 7.01. The lowest BCUT2D eigenvalue weighted by molar-refractivity contribution is -0.120. The number of methoxy groups -OCH3 is 1. The Morgan fingerprint density at radius 1 is 1.18 bits per heavy atom. The van der Waals surface area contributed by atoms with Crippen LogP contribution >= 0.6 is 0 Å². The Morgan fingerprint density at radius 3 is 2.59 bits per heavy atom. The van der Waals surface area contributed by atoms with E-state index in [1.807, 2.05) is 0 Å². The average Bonchev–Trinajstić information content (AvgIpc) is 2.53. The summed E-state index contributed by atoms with van der Waals surface area (Å²) in [6, 6.07) is 6.18. The van der Waals surface area contributed by atoms with Gasteiger partial charge in [-0.3, -0.25) is 9.59 Å². The molecular weight excluding hydrogens is 286 g/mol. The lowest BCUT2D eigenvalue weighted by Crippen LogP contribution is -2.38. The maximum atomic E-state index is 12.6. The van der Waals surface area contributed by atoms with Crippen molar-refractivity contribution in [2.75, 3.05) is 20.2 Å². The number of hydrogen-bond donors (Lipinski definition) is 0. The fourth-order valence-electron chi connectivity index (χ4n) is 2.58. The van der Waals surface area contributed by atoms with E-state index in [1.165, 1.54) is 13.2 Å². The average molecular weight is 301 g/mol.